The SMILES string of the molecule is C=C(/C=C(/C)N=CC)[C@@H]1CC[C@@H](C)CN1. The van der Waals surface area contributed by atoms with Gasteiger partial charge in [0, 0.05) is 18.0 Å². The first-order valence-electron chi connectivity index (χ1n) is 5.72. The highest BCUT2D eigenvalue weighted by Gasteiger charge is 2.18. The molecule has 0 saturated carbocycles. The quantitative estimate of drug-likeness (QED) is 0.557. The van der Waals surface area contributed by atoms with Crippen molar-refractivity contribution in [2.24, 2.45) is 10.9 Å². The van der Waals surface area contributed by atoms with E-state index in [1.54, 1.807) is 0 Å². The molecule has 2 heteroatoms. The van der Waals surface area contributed by atoms with Gasteiger partial charge in [-0.15, -0.1) is 0 Å². The van der Waals surface area contributed by atoms with Crippen LogP contribution in [0.3, 0.4) is 0 Å². The molecule has 0 spiro atoms. The maximum atomic E-state index is 4.22. The van der Waals surface area contributed by atoms with E-state index in [-0.39, 0.29) is 0 Å². The smallest absolute Gasteiger partial charge is 0.0371 e. The summed E-state index contributed by atoms with van der Waals surface area (Å²) in [5.74, 6) is 0.799. The van der Waals surface area contributed by atoms with E-state index in [2.05, 4.69) is 29.9 Å². The molecule has 0 aromatic heterocycles. The second-order valence-electron chi connectivity index (χ2n) is 4.39. The van der Waals surface area contributed by atoms with E-state index in [0.717, 1.165) is 23.7 Å². The second kappa shape index (κ2) is 5.86. The Hall–Kier alpha value is -0.890. The summed E-state index contributed by atoms with van der Waals surface area (Å²) >= 11 is 0. The van der Waals surface area contributed by atoms with Crippen LogP contribution in [0.4, 0.5) is 0 Å². The Bertz CT molecular complexity index is 268. The molecule has 2 atom stereocenters. The Morgan fingerprint density at radius 1 is 1.47 bits per heavy atom. The molecule has 84 valence electrons. The van der Waals surface area contributed by atoms with Gasteiger partial charge in [-0.2, -0.15) is 0 Å². The molecular weight excluding hydrogens is 184 g/mol. The molecule has 1 aliphatic rings. The van der Waals surface area contributed by atoms with Crippen LogP contribution in [0.1, 0.15) is 33.6 Å². The van der Waals surface area contributed by atoms with Crippen molar-refractivity contribution in [2.75, 3.05) is 6.54 Å². The zero-order chi connectivity index (χ0) is 11.3. The monoisotopic (exact) mass is 206 g/mol. The Kier molecular flexibility index (Phi) is 4.76. The van der Waals surface area contributed by atoms with Crippen LogP contribution in [-0.2, 0) is 0 Å². The van der Waals surface area contributed by atoms with Crippen LogP contribution in [0.2, 0.25) is 0 Å². The van der Waals surface area contributed by atoms with Crippen molar-refractivity contribution in [1.82, 2.24) is 5.32 Å². The van der Waals surface area contributed by atoms with E-state index in [1.807, 2.05) is 20.1 Å². The van der Waals surface area contributed by atoms with Crippen molar-refractivity contribution >= 4 is 6.21 Å². The fourth-order valence-corrected chi connectivity index (χ4v) is 1.93. The molecule has 1 fully saturated rings. The van der Waals surface area contributed by atoms with Gasteiger partial charge in [-0.3, -0.25) is 4.99 Å². The maximum absolute atomic E-state index is 4.22. The van der Waals surface area contributed by atoms with Crippen LogP contribution in [0.25, 0.3) is 0 Å². The molecule has 0 aromatic rings. The number of nitrogens with one attached hydrogen (secondary N) is 1. The third kappa shape index (κ3) is 4.00. The van der Waals surface area contributed by atoms with E-state index in [9.17, 15) is 0 Å². The van der Waals surface area contributed by atoms with E-state index in [1.165, 1.54) is 12.8 Å². The lowest BCUT2D eigenvalue weighted by atomic mass is 9.92. The predicted octanol–water partition coefficient (Wildman–Crippen LogP) is 2.93. The lowest BCUT2D eigenvalue weighted by molar-refractivity contribution is 0.356. The molecular formula is C13H22N2. The van der Waals surface area contributed by atoms with Crippen LogP contribution < -0.4 is 5.32 Å². The molecule has 1 aliphatic heterocycles. The number of allylic oxidation sites excluding steroid dienone is 1. The molecule has 1 saturated heterocycles. The Balaban J connectivity index is 2.50. The third-order valence-corrected chi connectivity index (χ3v) is 2.84. The van der Waals surface area contributed by atoms with E-state index in [4.69, 9.17) is 0 Å². The van der Waals surface area contributed by atoms with Crippen molar-refractivity contribution in [3.05, 3.63) is 23.9 Å². The zero-order valence-corrected chi connectivity index (χ0v) is 10.1. The van der Waals surface area contributed by atoms with E-state index >= 15 is 0 Å². The Morgan fingerprint density at radius 2 is 2.20 bits per heavy atom. The summed E-state index contributed by atoms with van der Waals surface area (Å²) in [6, 6.07) is 0.447. The Labute approximate surface area is 93.2 Å². The van der Waals surface area contributed by atoms with Gasteiger partial charge in [-0.05, 0) is 50.8 Å². The highest BCUT2D eigenvalue weighted by atomic mass is 14.9. The zero-order valence-electron chi connectivity index (χ0n) is 10.1. The van der Waals surface area contributed by atoms with Crippen molar-refractivity contribution < 1.29 is 0 Å². The van der Waals surface area contributed by atoms with E-state index < -0.39 is 0 Å². The van der Waals surface area contributed by atoms with Crippen LogP contribution in [-0.4, -0.2) is 18.8 Å². The van der Waals surface area contributed by atoms with Gasteiger partial charge in [-0.25, -0.2) is 0 Å². The van der Waals surface area contributed by atoms with Crippen LogP contribution in [0.15, 0.2) is 28.9 Å². The summed E-state index contributed by atoms with van der Waals surface area (Å²) in [7, 11) is 0. The fraction of sp³-hybridized carbons (Fsp3) is 0.615. The van der Waals surface area contributed by atoms with Gasteiger partial charge < -0.3 is 5.32 Å². The van der Waals surface area contributed by atoms with Crippen LogP contribution in [0.5, 0.6) is 0 Å². The average molecular weight is 206 g/mol. The molecule has 1 N–H and O–H groups in total. The fourth-order valence-electron chi connectivity index (χ4n) is 1.93. The van der Waals surface area contributed by atoms with Gasteiger partial charge in [0.25, 0.3) is 0 Å². The topological polar surface area (TPSA) is 24.4 Å². The summed E-state index contributed by atoms with van der Waals surface area (Å²) in [6.07, 6.45) is 6.38. The number of hydrogen-bond acceptors (Lipinski definition) is 2. The van der Waals surface area contributed by atoms with E-state index in [0.29, 0.717) is 6.04 Å². The number of aliphatic imine (C=N–C) groups is 1. The van der Waals surface area contributed by atoms with Crippen molar-refractivity contribution in [2.45, 2.75) is 39.7 Å². The van der Waals surface area contributed by atoms with Crippen molar-refractivity contribution in [3.8, 4) is 0 Å². The molecule has 0 aliphatic carbocycles. The summed E-state index contributed by atoms with van der Waals surface area (Å²) in [5.41, 5.74) is 2.19. The molecule has 0 bridgehead atoms. The van der Waals surface area contributed by atoms with Crippen LogP contribution in [0, 0.1) is 5.92 Å². The third-order valence-electron chi connectivity index (χ3n) is 2.84. The molecule has 1 heterocycles. The molecule has 15 heavy (non-hydrogen) atoms. The first-order valence-corrected chi connectivity index (χ1v) is 5.72. The number of nitrogens with zero attached hydrogens (tertiary/aromatic N) is 1. The first kappa shape index (κ1) is 12.2. The maximum Gasteiger partial charge on any atom is 0.0371 e. The molecule has 1 rings (SSSR count). The van der Waals surface area contributed by atoms with Crippen LogP contribution >= 0.6 is 0 Å². The molecule has 0 amide bonds. The Morgan fingerprint density at radius 3 is 2.73 bits per heavy atom. The number of hydrogen-bond donors (Lipinski definition) is 1. The number of piperidine rings is 1. The highest BCUT2D eigenvalue weighted by molar-refractivity contribution is 5.55. The minimum atomic E-state index is 0.447. The largest absolute Gasteiger partial charge is 0.310 e. The van der Waals surface area contributed by atoms with Gasteiger partial charge >= 0.3 is 0 Å². The van der Waals surface area contributed by atoms with Gasteiger partial charge in [0.15, 0.2) is 0 Å². The molecule has 0 aromatic carbocycles. The van der Waals surface area contributed by atoms with Gasteiger partial charge in [-0.1, -0.05) is 13.5 Å². The minimum absolute atomic E-state index is 0.447. The lowest BCUT2D eigenvalue weighted by Gasteiger charge is -2.28. The summed E-state index contributed by atoms with van der Waals surface area (Å²) in [4.78, 5) is 4.22. The minimum Gasteiger partial charge on any atom is -0.310 e. The second-order valence-corrected chi connectivity index (χ2v) is 4.39. The summed E-state index contributed by atoms with van der Waals surface area (Å²) < 4.78 is 0. The summed E-state index contributed by atoms with van der Waals surface area (Å²) in [5, 5.41) is 3.52. The van der Waals surface area contributed by atoms with Gasteiger partial charge in [0.2, 0.25) is 0 Å². The normalized spacial score (nSPS) is 28.3. The van der Waals surface area contributed by atoms with Crippen molar-refractivity contribution in [3.63, 3.8) is 0 Å². The summed E-state index contributed by atoms with van der Waals surface area (Å²) in [6.45, 7) is 11.4. The molecule has 2 nitrogen and oxygen atoms in total. The van der Waals surface area contributed by atoms with Gasteiger partial charge in [0.1, 0.15) is 0 Å². The van der Waals surface area contributed by atoms with Crippen molar-refractivity contribution in [1.29, 1.82) is 0 Å². The lowest BCUT2D eigenvalue weighted by Crippen LogP contribution is -2.38. The van der Waals surface area contributed by atoms with Gasteiger partial charge in [0.05, 0.1) is 0 Å². The molecule has 0 radical (unpaired) electrons. The average Bonchev–Trinajstić information content (AvgIpc) is 2.18. The highest BCUT2D eigenvalue weighted by Crippen LogP contribution is 2.19. The standard InChI is InChI=1S/C13H22N2/c1-5-14-12(4)8-11(3)13-7-6-10(2)9-15-13/h5,8,10,13,15H,3,6-7,9H2,1-2,4H3/b12-8-,14-5?/t10-,13+/m1/s1. The molecule has 0 unspecified atom stereocenters. The first-order chi connectivity index (χ1) is 7.13. The number of rotatable bonds is 3. The predicted molar refractivity (Wildman–Crippen MR) is 67.3 cm³/mol.